The Morgan fingerprint density at radius 1 is 1.07 bits per heavy atom. The van der Waals surface area contributed by atoms with Crippen LogP contribution < -0.4 is 20.7 Å². The topological polar surface area (TPSA) is 79.5 Å². The number of piperidine rings is 1. The molecule has 0 aromatic carbocycles. The molecular weight excluding hydrogens is 352 g/mol. The van der Waals surface area contributed by atoms with Gasteiger partial charge in [0.15, 0.2) is 11.6 Å². The Morgan fingerprint density at radius 2 is 1.86 bits per heavy atom. The predicted molar refractivity (Wildman–Crippen MR) is 116 cm³/mol. The maximum atomic E-state index is 6.11. The molecule has 1 aromatic heterocycles. The van der Waals surface area contributed by atoms with Crippen LogP contribution in [0.5, 0.6) is 6.01 Å². The van der Waals surface area contributed by atoms with Crippen LogP contribution in [0.3, 0.4) is 0 Å². The first-order valence-electron chi connectivity index (χ1n) is 11.2. The van der Waals surface area contributed by atoms with Crippen molar-refractivity contribution in [1.29, 1.82) is 0 Å². The highest BCUT2D eigenvalue weighted by Crippen LogP contribution is 2.35. The van der Waals surface area contributed by atoms with E-state index >= 15 is 0 Å². The fourth-order valence-corrected chi connectivity index (χ4v) is 4.10. The Kier molecular flexibility index (Phi) is 8.01. The van der Waals surface area contributed by atoms with Gasteiger partial charge in [-0.15, -0.1) is 0 Å². The van der Waals surface area contributed by atoms with Gasteiger partial charge in [-0.1, -0.05) is 26.7 Å². The molecule has 3 N–H and O–H groups in total. The lowest BCUT2D eigenvalue weighted by atomic mass is 9.92. The minimum absolute atomic E-state index is 0.401. The van der Waals surface area contributed by atoms with Crippen molar-refractivity contribution in [3.05, 3.63) is 0 Å². The predicted octanol–water partition coefficient (Wildman–Crippen LogP) is 3.72. The molecule has 0 radical (unpaired) electrons. The summed E-state index contributed by atoms with van der Waals surface area (Å²) in [7, 11) is 0. The van der Waals surface area contributed by atoms with Crippen molar-refractivity contribution < 1.29 is 4.74 Å². The average Bonchev–Trinajstić information content (AvgIpc) is 3.11. The van der Waals surface area contributed by atoms with Gasteiger partial charge in [0.25, 0.3) is 0 Å². The molecule has 0 atom stereocenters. The van der Waals surface area contributed by atoms with Gasteiger partial charge in [-0.2, -0.15) is 9.97 Å². The fraction of sp³-hybridized carbons (Fsp3) is 0.810. The second-order valence-corrected chi connectivity index (χ2v) is 8.17. The zero-order valence-electron chi connectivity index (χ0n) is 17.8. The van der Waals surface area contributed by atoms with Gasteiger partial charge < -0.3 is 25.6 Å². The van der Waals surface area contributed by atoms with E-state index in [1.807, 2.05) is 0 Å². The van der Waals surface area contributed by atoms with Crippen LogP contribution in [0.2, 0.25) is 0 Å². The molecule has 28 heavy (non-hydrogen) atoms. The van der Waals surface area contributed by atoms with E-state index in [9.17, 15) is 0 Å². The van der Waals surface area contributed by atoms with Crippen molar-refractivity contribution in [1.82, 2.24) is 14.9 Å². The van der Waals surface area contributed by atoms with Crippen molar-refractivity contribution >= 4 is 17.3 Å². The van der Waals surface area contributed by atoms with Crippen molar-refractivity contribution in [2.75, 3.05) is 55.4 Å². The fourth-order valence-electron chi connectivity index (χ4n) is 4.10. The van der Waals surface area contributed by atoms with Gasteiger partial charge in [-0.3, -0.25) is 0 Å². The van der Waals surface area contributed by atoms with Crippen LogP contribution in [0.1, 0.15) is 65.2 Å². The molecule has 2 aliphatic heterocycles. The number of likely N-dealkylation sites (tertiary alicyclic amines) is 1. The van der Waals surface area contributed by atoms with Crippen molar-refractivity contribution in [2.45, 2.75) is 65.2 Å². The average molecular weight is 391 g/mol. The number of nitrogens with one attached hydrogen (secondary N) is 1. The van der Waals surface area contributed by atoms with Crippen LogP contribution in [-0.2, 0) is 0 Å². The molecule has 2 aliphatic rings. The van der Waals surface area contributed by atoms with Crippen LogP contribution in [0.25, 0.3) is 0 Å². The zero-order valence-corrected chi connectivity index (χ0v) is 17.8. The highest BCUT2D eigenvalue weighted by atomic mass is 16.5. The number of hydrogen-bond acceptors (Lipinski definition) is 7. The summed E-state index contributed by atoms with van der Waals surface area (Å²) in [5.74, 6) is 2.25. The van der Waals surface area contributed by atoms with Crippen LogP contribution >= 0.6 is 0 Å². The van der Waals surface area contributed by atoms with Crippen molar-refractivity contribution in [2.24, 2.45) is 5.92 Å². The molecule has 0 bridgehead atoms. The molecule has 7 heteroatoms. The van der Waals surface area contributed by atoms with Gasteiger partial charge in [0.2, 0.25) is 0 Å². The standard InChI is InChI=1S/C21H38N6O/c1-3-5-11-26-13-9-17(10-14-26)8-7-12-27-16-23-18-19(22)24-21(25-20(18)27)28-15-6-4-2/h17,23H,3-16H2,1-2H3,(H2,22,24,25). The minimum Gasteiger partial charge on any atom is -0.463 e. The lowest BCUT2D eigenvalue weighted by molar-refractivity contribution is 0.176. The maximum Gasteiger partial charge on any atom is 0.320 e. The molecule has 158 valence electrons. The number of ether oxygens (including phenoxy) is 1. The van der Waals surface area contributed by atoms with E-state index < -0.39 is 0 Å². The lowest BCUT2D eigenvalue weighted by Crippen LogP contribution is -2.34. The largest absolute Gasteiger partial charge is 0.463 e. The van der Waals surface area contributed by atoms with Crippen LogP contribution in [0.15, 0.2) is 0 Å². The number of nitrogens with zero attached hydrogens (tertiary/aromatic N) is 4. The second-order valence-electron chi connectivity index (χ2n) is 8.17. The Balaban J connectivity index is 1.44. The van der Waals surface area contributed by atoms with Crippen molar-refractivity contribution in [3.63, 3.8) is 0 Å². The number of anilines is 3. The molecule has 7 nitrogen and oxygen atoms in total. The summed E-state index contributed by atoms with van der Waals surface area (Å²) < 4.78 is 5.68. The number of fused-ring (bicyclic) bond motifs is 1. The molecule has 0 saturated carbocycles. The molecule has 3 rings (SSSR count). The van der Waals surface area contributed by atoms with Gasteiger partial charge in [0.05, 0.1) is 13.3 Å². The number of nitrogen functional groups attached to an aromatic ring is 1. The smallest absolute Gasteiger partial charge is 0.320 e. The van der Waals surface area contributed by atoms with Gasteiger partial charge in [-0.05, 0) is 64.1 Å². The van der Waals surface area contributed by atoms with Gasteiger partial charge in [0, 0.05) is 6.54 Å². The minimum atomic E-state index is 0.401. The van der Waals surface area contributed by atoms with Gasteiger partial charge >= 0.3 is 6.01 Å². The van der Waals surface area contributed by atoms with E-state index in [1.165, 1.54) is 58.2 Å². The molecule has 1 fully saturated rings. The monoisotopic (exact) mass is 390 g/mol. The third-order valence-electron chi connectivity index (χ3n) is 5.95. The summed E-state index contributed by atoms with van der Waals surface area (Å²) in [6, 6.07) is 0.401. The van der Waals surface area contributed by atoms with Crippen LogP contribution in [-0.4, -0.2) is 54.3 Å². The van der Waals surface area contributed by atoms with E-state index in [0.29, 0.717) is 18.4 Å². The third kappa shape index (κ3) is 5.63. The third-order valence-corrected chi connectivity index (χ3v) is 5.95. The maximum absolute atomic E-state index is 6.11. The molecule has 0 aliphatic carbocycles. The van der Waals surface area contributed by atoms with Crippen molar-refractivity contribution in [3.8, 4) is 6.01 Å². The van der Waals surface area contributed by atoms with Gasteiger partial charge in [-0.25, -0.2) is 0 Å². The highest BCUT2D eigenvalue weighted by Gasteiger charge is 2.25. The summed E-state index contributed by atoms with van der Waals surface area (Å²) in [5.41, 5.74) is 6.96. The molecule has 0 amide bonds. The lowest BCUT2D eigenvalue weighted by Gasteiger charge is -2.32. The molecular formula is C21H38N6O. The molecule has 1 saturated heterocycles. The summed E-state index contributed by atoms with van der Waals surface area (Å²) in [6.45, 7) is 10.6. The molecule has 3 heterocycles. The molecule has 0 unspecified atom stereocenters. The van der Waals surface area contributed by atoms with E-state index in [2.05, 4.69) is 38.9 Å². The summed E-state index contributed by atoms with van der Waals surface area (Å²) in [5, 5.41) is 3.34. The van der Waals surface area contributed by atoms with Crippen LogP contribution in [0.4, 0.5) is 17.3 Å². The SMILES string of the molecule is CCCCOc1nc(N)c2c(n1)N(CCCC1CCN(CCCC)CC1)CN2. The van der Waals surface area contributed by atoms with Crippen LogP contribution in [0, 0.1) is 5.92 Å². The summed E-state index contributed by atoms with van der Waals surface area (Å²) in [6.07, 6.45) is 9.91. The number of nitrogens with two attached hydrogens (primary N) is 1. The summed E-state index contributed by atoms with van der Waals surface area (Å²) in [4.78, 5) is 13.8. The first-order valence-corrected chi connectivity index (χ1v) is 11.2. The second kappa shape index (κ2) is 10.7. The molecule has 1 aromatic rings. The number of hydrogen-bond donors (Lipinski definition) is 2. The molecule has 0 spiro atoms. The van der Waals surface area contributed by atoms with E-state index in [4.69, 9.17) is 10.5 Å². The highest BCUT2D eigenvalue weighted by molar-refractivity contribution is 5.80. The Bertz CT molecular complexity index is 603. The normalized spacial score (nSPS) is 17.6. The number of aromatic nitrogens is 2. The quantitative estimate of drug-likeness (QED) is 0.557. The number of unbranched alkanes of at least 4 members (excludes halogenated alkanes) is 2. The Morgan fingerprint density at radius 3 is 2.61 bits per heavy atom. The Labute approximate surface area is 170 Å². The van der Waals surface area contributed by atoms with E-state index in [1.54, 1.807) is 0 Å². The van der Waals surface area contributed by atoms with Gasteiger partial charge in [0.1, 0.15) is 5.69 Å². The number of rotatable bonds is 11. The Hall–Kier alpha value is -1.76. The first kappa shape index (κ1) is 21.0. The zero-order chi connectivity index (χ0) is 19.8. The van der Waals surface area contributed by atoms with E-state index in [0.717, 1.165) is 43.5 Å². The summed E-state index contributed by atoms with van der Waals surface area (Å²) >= 11 is 0. The van der Waals surface area contributed by atoms with E-state index in [-0.39, 0.29) is 0 Å². The first-order chi connectivity index (χ1) is 13.7.